The van der Waals surface area contributed by atoms with Gasteiger partial charge in [0.05, 0.1) is 5.75 Å². The van der Waals surface area contributed by atoms with Gasteiger partial charge in [0, 0.05) is 14.9 Å². The molecule has 19 heavy (non-hydrogen) atoms. The minimum absolute atomic E-state index is 0.0537. The maximum absolute atomic E-state index is 13.2. The van der Waals surface area contributed by atoms with Crippen molar-refractivity contribution in [1.82, 2.24) is 0 Å². The number of Topliss-reactive ketones (excluding diaryl/α,β-unsaturated/α-hetero) is 1. The fraction of sp³-hybridized carbons (Fsp3) is 0.133. The Balaban J connectivity index is 2.07. The molecule has 0 saturated carbocycles. The summed E-state index contributed by atoms with van der Waals surface area (Å²) in [5.74, 6) is -0.121. The van der Waals surface area contributed by atoms with Crippen molar-refractivity contribution in [2.24, 2.45) is 0 Å². The molecular formula is C15H12BrFOS. The minimum Gasteiger partial charge on any atom is -0.293 e. The molecule has 0 spiro atoms. The first-order chi connectivity index (χ1) is 9.06. The maximum atomic E-state index is 13.2. The van der Waals surface area contributed by atoms with Crippen molar-refractivity contribution in [3.63, 3.8) is 0 Å². The van der Waals surface area contributed by atoms with Crippen molar-refractivity contribution >= 4 is 33.5 Å². The van der Waals surface area contributed by atoms with Crippen molar-refractivity contribution in [3.05, 3.63) is 63.9 Å². The highest BCUT2D eigenvalue weighted by atomic mass is 79.9. The quantitative estimate of drug-likeness (QED) is 0.584. The van der Waals surface area contributed by atoms with Crippen LogP contribution in [0.2, 0.25) is 0 Å². The molecule has 1 nitrogen and oxygen atoms in total. The summed E-state index contributed by atoms with van der Waals surface area (Å²) in [5, 5.41) is 0. The smallest absolute Gasteiger partial charge is 0.173 e. The number of rotatable bonds is 4. The lowest BCUT2D eigenvalue weighted by Crippen LogP contribution is -2.05. The van der Waals surface area contributed by atoms with Gasteiger partial charge in [0.25, 0.3) is 0 Å². The predicted molar refractivity (Wildman–Crippen MR) is 80.3 cm³/mol. The SMILES string of the molecule is Cc1ccc(F)cc1C(=O)CSc1cccc(Br)c1. The standard InChI is InChI=1S/C15H12BrFOS/c1-10-5-6-12(17)8-14(10)15(18)9-19-13-4-2-3-11(16)7-13/h2-8H,9H2,1H3. The second-order valence-corrected chi connectivity index (χ2v) is 6.09. The fourth-order valence-corrected chi connectivity index (χ4v) is 3.07. The third-order valence-corrected chi connectivity index (χ3v) is 4.15. The molecule has 4 heteroatoms. The van der Waals surface area contributed by atoms with Crippen LogP contribution in [0, 0.1) is 12.7 Å². The lowest BCUT2D eigenvalue weighted by molar-refractivity contribution is 0.102. The summed E-state index contributed by atoms with van der Waals surface area (Å²) in [4.78, 5) is 13.1. The molecule has 0 aliphatic heterocycles. The monoisotopic (exact) mass is 338 g/mol. The van der Waals surface area contributed by atoms with Gasteiger partial charge in [-0.3, -0.25) is 4.79 Å². The third-order valence-electron chi connectivity index (χ3n) is 2.67. The van der Waals surface area contributed by atoms with Crippen LogP contribution < -0.4 is 0 Å². The van der Waals surface area contributed by atoms with Crippen LogP contribution in [-0.2, 0) is 0 Å². The zero-order valence-electron chi connectivity index (χ0n) is 10.3. The Kier molecular flexibility index (Phi) is 4.77. The number of carbonyl (C=O) groups is 1. The topological polar surface area (TPSA) is 17.1 Å². The zero-order valence-corrected chi connectivity index (χ0v) is 12.7. The summed E-state index contributed by atoms with van der Waals surface area (Å²) in [5.41, 5.74) is 1.27. The van der Waals surface area contributed by atoms with Crippen molar-refractivity contribution in [1.29, 1.82) is 0 Å². The van der Waals surface area contributed by atoms with Gasteiger partial charge in [-0.05, 0) is 42.8 Å². The zero-order chi connectivity index (χ0) is 13.8. The molecule has 0 aliphatic rings. The van der Waals surface area contributed by atoms with E-state index in [1.807, 2.05) is 31.2 Å². The van der Waals surface area contributed by atoms with Crippen LogP contribution in [0.5, 0.6) is 0 Å². The molecule has 0 atom stereocenters. The molecule has 2 aromatic carbocycles. The maximum Gasteiger partial charge on any atom is 0.173 e. The highest BCUT2D eigenvalue weighted by Gasteiger charge is 2.10. The summed E-state index contributed by atoms with van der Waals surface area (Å²) in [6.45, 7) is 1.82. The number of benzene rings is 2. The highest BCUT2D eigenvalue weighted by Crippen LogP contribution is 2.23. The number of thioether (sulfide) groups is 1. The largest absolute Gasteiger partial charge is 0.293 e. The van der Waals surface area contributed by atoms with E-state index in [9.17, 15) is 9.18 Å². The summed E-state index contributed by atoms with van der Waals surface area (Å²) >= 11 is 4.84. The minimum atomic E-state index is -0.374. The Labute approximate surface area is 124 Å². The van der Waals surface area contributed by atoms with Crippen LogP contribution in [0.4, 0.5) is 4.39 Å². The van der Waals surface area contributed by atoms with Gasteiger partial charge in [-0.25, -0.2) is 4.39 Å². The first-order valence-corrected chi connectivity index (χ1v) is 7.52. The molecular weight excluding hydrogens is 327 g/mol. The number of carbonyl (C=O) groups excluding carboxylic acids is 1. The van der Waals surface area contributed by atoms with E-state index in [2.05, 4.69) is 15.9 Å². The first kappa shape index (κ1) is 14.3. The highest BCUT2D eigenvalue weighted by molar-refractivity contribution is 9.10. The molecule has 0 radical (unpaired) electrons. The van der Waals surface area contributed by atoms with Crippen molar-refractivity contribution in [3.8, 4) is 0 Å². The van der Waals surface area contributed by atoms with E-state index in [1.165, 1.54) is 23.9 Å². The summed E-state index contributed by atoms with van der Waals surface area (Å²) in [6, 6.07) is 12.1. The Bertz CT molecular complexity index is 613. The molecule has 0 N–H and O–H groups in total. The Hall–Kier alpha value is -1.13. The molecule has 0 aliphatic carbocycles. The Morgan fingerprint density at radius 2 is 2.05 bits per heavy atom. The van der Waals surface area contributed by atoms with Gasteiger partial charge in [-0.2, -0.15) is 0 Å². The summed E-state index contributed by atoms with van der Waals surface area (Å²) in [7, 11) is 0. The van der Waals surface area contributed by atoms with Gasteiger partial charge in [0.2, 0.25) is 0 Å². The number of aryl methyl sites for hydroxylation is 1. The van der Waals surface area contributed by atoms with Gasteiger partial charge in [-0.15, -0.1) is 11.8 Å². The van der Waals surface area contributed by atoms with Crippen molar-refractivity contribution in [2.75, 3.05) is 5.75 Å². The molecule has 0 amide bonds. The van der Waals surface area contributed by atoms with Crippen molar-refractivity contribution < 1.29 is 9.18 Å². The number of hydrogen-bond acceptors (Lipinski definition) is 2. The fourth-order valence-electron chi connectivity index (χ4n) is 1.68. The van der Waals surface area contributed by atoms with Crippen LogP contribution in [0.3, 0.4) is 0 Å². The van der Waals surface area contributed by atoms with Crippen LogP contribution >= 0.6 is 27.7 Å². The lowest BCUT2D eigenvalue weighted by Gasteiger charge is -2.05. The molecule has 0 aromatic heterocycles. The van der Waals surface area contributed by atoms with Gasteiger partial charge in [0.15, 0.2) is 5.78 Å². The van der Waals surface area contributed by atoms with E-state index in [1.54, 1.807) is 6.07 Å². The van der Waals surface area contributed by atoms with E-state index < -0.39 is 0 Å². The van der Waals surface area contributed by atoms with Crippen LogP contribution in [0.15, 0.2) is 51.8 Å². The molecule has 0 bridgehead atoms. The number of hydrogen-bond donors (Lipinski definition) is 0. The summed E-state index contributed by atoms with van der Waals surface area (Å²) in [6.07, 6.45) is 0. The van der Waals surface area contributed by atoms with E-state index in [0.29, 0.717) is 11.3 Å². The van der Waals surface area contributed by atoms with Crippen LogP contribution in [0.1, 0.15) is 15.9 Å². The average molecular weight is 339 g/mol. The van der Waals surface area contributed by atoms with E-state index in [0.717, 1.165) is 14.9 Å². The second-order valence-electron chi connectivity index (χ2n) is 4.13. The molecule has 0 fully saturated rings. The van der Waals surface area contributed by atoms with E-state index >= 15 is 0 Å². The predicted octanol–water partition coefficient (Wildman–Crippen LogP) is 4.87. The average Bonchev–Trinajstić information content (AvgIpc) is 2.39. The summed E-state index contributed by atoms with van der Waals surface area (Å²) < 4.78 is 14.1. The van der Waals surface area contributed by atoms with E-state index in [4.69, 9.17) is 0 Å². The van der Waals surface area contributed by atoms with Gasteiger partial charge in [-0.1, -0.05) is 28.1 Å². The van der Waals surface area contributed by atoms with Crippen LogP contribution in [0.25, 0.3) is 0 Å². The molecule has 0 unspecified atom stereocenters. The molecule has 0 heterocycles. The molecule has 98 valence electrons. The normalized spacial score (nSPS) is 10.5. The lowest BCUT2D eigenvalue weighted by atomic mass is 10.1. The van der Waals surface area contributed by atoms with E-state index in [-0.39, 0.29) is 11.6 Å². The van der Waals surface area contributed by atoms with Gasteiger partial charge < -0.3 is 0 Å². The van der Waals surface area contributed by atoms with Gasteiger partial charge in [0.1, 0.15) is 5.82 Å². The molecule has 2 rings (SSSR count). The van der Waals surface area contributed by atoms with Gasteiger partial charge >= 0.3 is 0 Å². The molecule has 2 aromatic rings. The Morgan fingerprint density at radius 3 is 2.79 bits per heavy atom. The van der Waals surface area contributed by atoms with Crippen molar-refractivity contribution in [2.45, 2.75) is 11.8 Å². The first-order valence-electron chi connectivity index (χ1n) is 5.74. The Morgan fingerprint density at radius 1 is 1.26 bits per heavy atom. The van der Waals surface area contributed by atoms with Crippen LogP contribution in [-0.4, -0.2) is 11.5 Å². The number of halogens is 2. The number of ketones is 1. The second kappa shape index (κ2) is 6.35. The third kappa shape index (κ3) is 3.91. The molecule has 0 saturated heterocycles.